The first kappa shape index (κ1) is 19.7. The number of amides is 1. The Morgan fingerprint density at radius 3 is 2.80 bits per heavy atom. The summed E-state index contributed by atoms with van der Waals surface area (Å²) in [6.07, 6.45) is 6.47. The van der Waals surface area contributed by atoms with Gasteiger partial charge in [-0.05, 0) is 29.5 Å². The number of carbonyl (C=O) groups excluding carboxylic acids is 1. The summed E-state index contributed by atoms with van der Waals surface area (Å²) in [7, 11) is 0. The number of aliphatic hydroxyl groups excluding tert-OH is 1. The van der Waals surface area contributed by atoms with Crippen LogP contribution in [0.3, 0.4) is 0 Å². The van der Waals surface area contributed by atoms with Gasteiger partial charge >= 0.3 is 0 Å². The summed E-state index contributed by atoms with van der Waals surface area (Å²) >= 11 is 0. The Morgan fingerprint density at radius 1 is 1.10 bits per heavy atom. The fraction of sp³-hybridized carbons (Fsp3) is 0.217. The Kier molecular flexibility index (Phi) is 6.10. The van der Waals surface area contributed by atoms with Crippen LogP contribution in [0.4, 0.5) is 0 Å². The number of hydrogen-bond donors (Lipinski definition) is 2. The fourth-order valence-electron chi connectivity index (χ4n) is 3.37. The second-order valence-corrected chi connectivity index (χ2v) is 7.12. The third kappa shape index (κ3) is 4.69. The van der Waals surface area contributed by atoms with Crippen LogP contribution in [0.25, 0.3) is 22.0 Å². The maximum Gasteiger partial charge on any atom is 0.220 e. The van der Waals surface area contributed by atoms with E-state index in [9.17, 15) is 9.90 Å². The van der Waals surface area contributed by atoms with Crippen molar-refractivity contribution in [3.05, 3.63) is 78.8 Å². The number of benzene rings is 2. The van der Waals surface area contributed by atoms with Gasteiger partial charge in [0.05, 0.1) is 18.8 Å². The summed E-state index contributed by atoms with van der Waals surface area (Å²) in [5.74, 6) is -0.0959. The van der Waals surface area contributed by atoms with Gasteiger partial charge in [-0.1, -0.05) is 47.7 Å². The smallest absolute Gasteiger partial charge is 0.220 e. The molecule has 0 fully saturated rings. The van der Waals surface area contributed by atoms with Crippen LogP contribution in [0.1, 0.15) is 24.4 Å². The van der Waals surface area contributed by atoms with Crippen LogP contribution >= 0.6 is 0 Å². The van der Waals surface area contributed by atoms with E-state index in [4.69, 9.17) is 0 Å². The van der Waals surface area contributed by atoms with Gasteiger partial charge < -0.3 is 10.4 Å². The first-order valence-corrected chi connectivity index (χ1v) is 9.92. The van der Waals surface area contributed by atoms with Crippen LogP contribution < -0.4 is 5.32 Å². The largest absolute Gasteiger partial charge is 0.394 e. The molecule has 0 aliphatic heterocycles. The van der Waals surface area contributed by atoms with Crippen LogP contribution in [-0.2, 0) is 11.3 Å². The van der Waals surface area contributed by atoms with Crippen molar-refractivity contribution in [2.45, 2.75) is 25.4 Å². The average Bonchev–Trinajstić information content (AvgIpc) is 3.26. The maximum absolute atomic E-state index is 12.3. The molecule has 0 unspecified atom stereocenters. The van der Waals surface area contributed by atoms with E-state index < -0.39 is 0 Å². The second-order valence-electron chi connectivity index (χ2n) is 7.12. The zero-order chi connectivity index (χ0) is 20.8. The molecule has 0 radical (unpaired) electrons. The molecule has 1 atom stereocenters. The monoisotopic (exact) mass is 401 g/mol. The summed E-state index contributed by atoms with van der Waals surface area (Å²) < 4.78 is 1.75. The van der Waals surface area contributed by atoms with Crippen LogP contribution in [0.5, 0.6) is 0 Å². The topological polar surface area (TPSA) is 92.9 Å². The Balaban J connectivity index is 1.31. The lowest BCUT2D eigenvalue weighted by atomic mass is 10.1. The number of aryl methyl sites for hydroxylation is 1. The molecule has 4 rings (SSSR count). The van der Waals surface area contributed by atoms with Gasteiger partial charge in [-0.3, -0.25) is 14.5 Å². The van der Waals surface area contributed by atoms with Crippen molar-refractivity contribution >= 4 is 16.7 Å². The molecular weight excluding hydrogens is 378 g/mol. The summed E-state index contributed by atoms with van der Waals surface area (Å²) in [5.41, 5.74) is 2.68. The normalized spacial score (nSPS) is 12.0. The number of fused-ring (bicyclic) bond motifs is 1. The lowest BCUT2D eigenvalue weighted by molar-refractivity contribution is -0.122. The number of aliphatic hydroxyl groups is 1. The van der Waals surface area contributed by atoms with E-state index >= 15 is 0 Å². The van der Waals surface area contributed by atoms with Gasteiger partial charge in [-0.2, -0.15) is 0 Å². The van der Waals surface area contributed by atoms with Gasteiger partial charge in [0.2, 0.25) is 5.91 Å². The molecule has 0 aliphatic carbocycles. The fourth-order valence-corrected chi connectivity index (χ4v) is 3.37. The van der Waals surface area contributed by atoms with Crippen molar-refractivity contribution in [2.75, 3.05) is 6.61 Å². The standard InChI is InChI=1S/C23H23N5O2/c29-16-22(17-5-2-1-3-6-17)25-23(30)7-4-12-28-15-21(26-27-28)19-8-9-20-14-24-11-10-18(20)13-19/h1-3,5-6,8-11,13-15,22,29H,4,7,12,16H2,(H,25,30)/t22-/m1/s1. The molecule has 4 aromatic rings. The van der Waals surface area contributed by atoms with Gasteiger partial charge in [0.15, 0.2) is 0 Å². The Hall–Kier alpha value is -3.58. The Labute approximate surface area is 174 Å². The maximum atomic E-state index is 12.3. The SMILES string of the molecule is O=C(CCCn1cc(-c2ccc3cnccc3c2)nn1)N[C@H](CO)c1ccccc1. The molecule has 1 amide bonds. The summed E-state index contributed by atoms with van der Waals surface area (Å²) in [6, 6.07) is 17.1. The third-order valence-corrected chi connectivity index (χ3v) is 4.99. The lowest BCUT2D eigenvalue weighted by Crippen LogP contribution is -2.30. The predicted molar refractivity (Wildman–Crippen MR) is 114 cm³/mol. The predicted octanol–water partition coefficient (Wildman–Crippen LogP) is 3.12. The molecule has 7 nitrogen and oxygen atoms in total. The first-order chi connectivity index (χ1) is 14.7. The van der Waals surface area contributed by atoms with E-state index in [1.165, 1.54) is 0 Å². The van der Waals surface area contributed by atoms with Crippen LogP contribution in [0.15, 0.2) is 73.2 Å². The quantitative estimate of drug-likeness (QED) is 0.473. The highest BCUT2D eigenvalue weighted by Gasteiger charge is 2.13. The molecule has 2 N–H and O–H groups in total. The van der Waals surface area contributed by atoms with Gasteiger partial charge in [-0.25, -0.2) is 0 Å². The summed E-state index contributed by atoms with van der Waals surface area (Å²) in [4.78, 5) is 16.4. The number of rotatable bonds is 8. The number of carbonyl (C=O) groups is 1. The number of pyridine rings is 1. The lowest BCUT2D eigenvalue weighted by Gasteiger charge is -2.16. The van der Waals surface area contributed by atoms with Crippen molar-refractivity contribution in [1.82, 2.24) is 25.3 Å². The third-order valence-electron chi connectivity index (χ3n) is 4.99. The van der Waals surface area contributed by atoms with E-state index in [1.54, 1.807) is 10.9 Å². The van der Waals surface area contributed by atoms with Gasteiger partial charge in [-0.15, -0.1) is 5.10 Å². The van der Waals surface area contributed by atoms with E-state index in [1.807, 2.05) is 60.9 Å². The minimum Gasteiger partial charge on any atom is -0.394 e. The molecule has 7 heteroatoms. The average molecular weight is 401 g/mol. The van der Waals surface area contributed by atoms with Crippen LogP contribution in [-0.4, -0.2) is 37.6 Å². The van der Waals surface area contributed by atoms with E-state index in [0.29, 0.717) is 19.4 Å². The minimum absolute atomic E-state index is 0.0959. The van der Waals surface area contributed by atoms with Crippen molar-refractivity contribution in [3.63, 3.8) is 0 Å². The van der Waals surface area contributed by atoms with Crippen LogP contribution in [0, 0.1) is 0 Å². The van der Waals surface area contributed by atoms with Gasteiger partial charge in [0.1, 0.15) is 5.69 Å². The van der Waals surface area contributed by atoms with Crippen molar-refractivity contribution < 1.29 is 9.90 Å². The zero-order valence-electron chi connectivity index (χ0n) is 16.5. The van der Waals surface area contributed by atoms with Crippen molar-refractivity contribution in [3.8, 4) is 11.3 Å². The molecule has 0 bridgehead atoms. The van der Waals surface area contributed by atoms with E-state index in [-0.39, 0.29) is 18.6 Å². The van der Waals surface area contributed by atoms with E-state index in [0.717, 1.165) is 27.6 Å². The molecule has 0 saturated heterocycles. The molecule has 2 aromatic heterocycles. The summed E-state index contributed by atoms with van der Waals surface area (Å²) in [5, 5.41) is 23.1. The molecule has 2 heterocycles. The second kappa shape index (κ2) is 9.28. The number of nitrogens with one attached hydrogen (secondary N) is 1. The number of aromatic nitrogens is 4. The highest BCUT2D eigenvalue weighted by molar-refractivity contribution is 5.85. The molecule has 0 aliphatic rings. The Bertz CT molecular complexity index is 1130. The Morgan fingerprint density at radius 2 is 1.97 bits per heavy atom. The molecule has 0 spiro atoms. The van der Waals surface area contributed by atoms with Crippen molar-refractivity contribution in [2.24, 2.45) is 0 Å². The molecule has 30 heavy (non-hydrogen) atoms. The van der Waals surface area contributed by atoms with Gasteiger partial charge in [0.25, 0.3) is 0 Å². The zero-order valence-corrected chi connectivity index (χ0v) is 16.5. The summed E-state index contributed by atoms with van der Waals surface area (Å²) in [6.45, 7) is 0.455. The molecule has 152 valence electrons. The molecular formula is C23H23N5O2. The van der Waals surface area contributed by atoms with E-state index in [2.05, 4.69) is 26.7 Å². The minimum atomic E-state index is -0.389. The number of hydrogen-bond acceptors (Lipinski definition) is 5. The number of nitrogens with zero attached hydrogens (tertiary/aromatic N) is 4. The highest BCUT2D eigenvalue weighted by atomic mass is 16.3. The molecule has 2 aromatic carbocycles. The molecule has 0 saturated carbocycles. The van der Waals surface area contributed by atoms with Crippen molar-refractivity contribution in [1.29, 1.82) is 0 Å². The first-order valence-electron chi connectivity index (χ1n) is 9.92. The van der Waals surface area contributed by atoms with Crippen LogP contribution in [0.2, 0.25) is 0 Å². The highest BCUT2D eigenvalue weighted by Crippen LogP contribution is 2.22. The van der Waals surface area contributed by atoms with Gasteiger partial charge in [0, 0.05) is 36.3 Å².